The minimum atomic E-state index is -4.00. The molecule has 1 aromatic carbocycles. The molecule has 1 saturated carbocycles. The number of ether oxygens (including phenoxy) is 1. The van der Waals surface area contributed by atoms with E-state index in [0.717, 1.165) is 29.8 Å². The third-order valence-electron chi connectivity index (χ3n) is 7.57. The zero-order valence-electron chi connectivity index (χ0n) is 17.9. The maximum absolute atomic E-state index is 13.0. The first-order chi connectivity index (χ1) is 15.0. The number of sulfonamides is 1. The predicted molar refractivity (Wildman–Crippen MR) is 125 cm³/mol. The number of halogens is 2. The van der Waals surface area contributed by atoms with Gasteiger partial charge in [-0.25, -0.2) is 13.4 Å². The molecule has 3 aliphatic rings. The van der Waals surface area contributed by atoms with Gasteiger partial charge in [0.05, 0.1) is 21.7 Å². The van der Waals surface area contributed by atoms with E-state index in [1.165, 1.54) is 23.5 Å². The molecule has 6 nitrogen and oxygen atoms in total. The topological polar surface area (TPSA) is 85.4 Å². The molecular formula is C22H24Cl2N2O4S2. The van der Waals surface area contributed by atoms with Crippen molar-refractivity contribution in [1.82, 2.24) is 4.98 Å². The largest absolute Gasteiger partial charge is 0.461 e. The number of fused-ring (bicyclic) bond motifs is 4. The van der Waals surface area contributed by atoms with Gasteiger partial charge >= 0.3 is 5.97 Å². The van der Waals surface area contributed by atoms with E-state index in [0.29, 0.717) is 5.13 Å². The zero-order valence-corrected chi connectivity index (χ0v) is 21.0. The molecule has 2 fully saturated rings. The maximum atomic E-state index is 13.0. The van der Waals surface area contributed by atoms with Crippen molar-refractivity contribution in [2.75, 3.05) is 4.72 Å². The lowest BCUT2D eigenvalue weighted by atomic mass is 9.54. The van der Waals surface area contributed by atoms with Gasteiger partial charge in [-0.15, -0.1) is 11.3 Å². The Labute approximate surface area is 201 Å². The van der Waals surface area contributed by atoms with Crippen LogP contribution in [0.25, 0.3) is 0 Å². The van der Waals surface area contributed by atoms with Crippen molar-refractivity contribution in [3.8, 4) is 0 Å². The van der Waals surface area contributed by atoms with Crippen LogP contribution < -0.4 is 4.72 Å². The summed E-state index contributed by atoms with van der Waals surface area (Å²) in [6.07, 6.45) is 2.66. The van der Waals surface area contributed by atoms with Gasteiger partial charge in [-0.1, -0.05) is 50.0 Å². The summed E-state index contributed by atoms with van der Waals surface area (Å²) in [6, 6.07) is 4.57. The first-order valence-electron chi connectivity index (χ1n) is 10.7. The van der Waals surface area contributed by atoms with Gasteiger partial charge in [0.1, 0.15) is 11.0 Å². The van der Waals surface area contributed by atoms with Crippen molar-refractivity contribution in [3.63, 3.8) is 0 Å². The van der Waals surface area contributed by atoms with Crippen molar-refractivity contribution in [2.24, 2.45) is 23.2 Å². The van der Waals surface area contributed by atoms with E-state index in [1.54, 1.807) is 6.07 Å². The smallest absolute Gasteiger partial charge is 0.309 e. The molecule has 0 spiro atoms. The van der Waals surface area contributed by atoms with E-state index in [9.17, 15) is 13.2 Å². The molecule has 172 valence electrons. The average molecular weight is 515 g/mol. The lowest BCUT2D eigenvalue weighted by molar-refractivity contribution is -0.149. The Hall–Kier alpha value is -1.35. The minimum Gasteiger partial charge on any atom is -0.461 e. The fraction of sp³-hybridized carbons (Fsp3) is 0.545. The molecule has 2 heterocycles. The molecule has 2 aliphatic carbocycles. The quantitative estimate of drug-likeness (QED) is 0.546. The monoisotopic (exact) mass is 514 g/mol. The summed E-state index contributed by atoms with van der Waals surface area (Å²) >= 11 is 13.6. The number of thiazole rings is 1. The number of nitrogens with one attached hydrogen (secondary N) is 1. The Morgan fingerprint density at radius 3 is 2.59 bits per heavy atom. The number of carbonyl (C=O) groups is 1. The fourth-order valence-corrected chi connectivity index (χ4v) is 9.67. The molecule has 1 aliphatic heterocycles. The van der Waals surface area contributed by atoms with Crippen LogP contribution >= 0.6 is 34.5 Å². The van der Waals surface area contributed by atoms with Crippen LogP contribution in [0, 0.1) is 23.2 Å². The molecule has 0 amide bonds. The molecule has 5 rings (SSSR count). The second kappa shape index (κ2) is 7.58. The van der Waals surface area contributed by atoms with Gasteiger partial charge in [0.2, 0.25) is 0 Å². The number of nitrogens with zero attached hydrogens (tertiary/aromatic N) is 1. The fourth-order valence-electron chi connectivity index (χ4n) is 6.03. The normalized spacial score (nSPS) is 33.8. The number of carbonyl (C=O) groups excluding carboxylic acids is 1. The van der Waals surface area contributed by atoms with E-state index >= 15 is 0 Å². The number of esters is 1. The van der Waals surface area contributed by atoms with Crippen LogP contribution in [-0.4, -0.2) is 25.5 Å². The molecule has 0 unspecified atom stereocenters. The van der Waals surface area contributed by atoms with Crippen LogP contribution in [0.5, 0.6) is 0 Å². The summed E-state index contributed by atoms with van der Waals surface area (Å²) in [5.74, 6) is 0.269. The molecular weight excluding hydrogens is 491 g/mol. The van der Waals surface area contributed by atoms with E-state index in [2.05, 4.69) is 23.6 Å². The summed E-state index contributed by atoms with van der Waals surface area (Å²) in [7, 11) is -4.00. The number of benzene rings is 1. The second-order valence-electron chi connectivity index (χ2n) is 9.52. The van der Waals surface area contributed by atoms with Crippen molar-refractivity contribution in [3.05, 3.63) is 38.8 Å². The maximum Gasteiger partial charge on any atom is 0.309 e. The Bertz CT molecular complexity index is 1190. The standard InChI is InChI=1S/C22H24Cl2N2O4S2/c1-10-12-7-8-22(3)9-15-17(11(2)16(22)18(12)30-20(10)27)25-21(31-15)26-32(28,29)19-13(23)5-4-6-14(19)24/h4-6,10-12,16,18H,7-9H2,1-3H3,(H,25,26)/t10-,11-,12-,16+,18-,22-/m0/s1. The highest BCUT2D eigenvalue weighted by atomic mass is 35.5. The number of rotatable bonds is 3. The second-order valence-corrected chi connectivity index (χ2v) is 13.0. The molecule has 10 heteroatoms. The van der Waals surface area contributed by atoms with Gasteiger partial charge in [-0.05, 0) is 36.8 Å². The van der Waals surface area contributed by atoms with Crippen LogP contribution in [-0.2, 0) is 26.0 Å². The van der Waals surface area contributed by atoms with Crippen molar-refractivity contribution < 1.29 is 17.9 Å². The van der Waals surface area contributed by atoms with Crippen molar-refractivity contribution in [1.29, 1.82) is 0 Å². The van der Waals surface area contributed by atoms with Gasteiger partial charge in [0.15, 0.2) is 5.13 Å². The van der Waals surface area contributed by atoms with Crippen LogP contribution in [0.3, 0.4) is 0 Å². The summed E-state index contributed by atoms with van der Waals surface area (Å²) in [5.41, 5.74) is 0.865. The molecule has 0 bridgehead atoms. The van der Waals surface area contributed by atoms with E-state index in [-0.39, 0.29) is 56.1 Å². The molecule has 2 aromatic rings. The Morgan fingerprint density at radius 2 is 1.91 bits per heavy atom. The van der Waals surface area contributed by atoms with Gasteiger partial charge in [0, 0.05) is 22.6 Å². The van der Waals surface area contributed by atoms with Crippen molar-refractivity contribution >= 4 is 55.7 Å². The number of aromatic nitrogens is 1. The molecule has 32 heavy (non-hydrogen) atoms. The average Bonchev–Trinajstić information content (AvgIpc) is 3.20. The molecule has 1 N–H and O–H groups in total. The Balaban J connectivity index is 1.48. The van der Waals surface area contributed by atoms with Gasteiger partial charge in [-0.2, -0.15) is 0 Å². The summed E-state index contributed by atoms with van der Waals surface area (Å²) < 4.78 is 34.4. The first-order valence-corrected chi connectivity index (χ1v) is 13.7. The third-order valence-corrected chi connectivity index (χ3v) is 11.0. The van der Waals surface area contributed by atoms with Crippen molar-refractivity contribution in [2.45, 2.75) is 57.0 Å². The molecule has 1 saturated heterocycles. The number of hydrogen-bond acceptors (Lipinski definition) is 6. The van der Waals surface area contributed by atoms with Crippen LogP contribution in [0.2, 0.25) is 10.0 Å². The van der Waals surface area contributed by atoms with Crippen LogP contribution in [0.1, 0.15) is 50.1 Å². The summed E-state index contributed by atoms with van der Waals surface area (Å²) in [6.45, 7) is 6.34. The van der Waals surface area contributed by atoms with E-state index in [4.69, 9.17) is 27.9 Å². The highest BCUT2D eigenvalue weighted by Gasteiger charge is 2.58. The lowest BCUT2D eigenvalue weighted by Gasteiger charge is -2.51. The molecule has 6 atom stereocenters. The molecule has 0 radical (unpaired) electrons. The lowest BCUT2D eigenvalue weighted by Crippen LogP contribution is -2.50. The van der Waals surface area contributed by atoms with Gasteiger partial charge in [-0.3, -0.25) is 9.52 Å². The zero-order chi connectivity index (χ0) is 23.0. The van der Waals surface area contributed by atoms with Crippen LogP contribution in [0.15, 0.2) is 23.1 Å². The highest BCUT2D eigenvalue weighted by Crippen LogP contribution is 2.59. The number of hydrogen-bond donors (Lipinski definition) is 1. The van der Waals surface area contributed by atoms with E-state index < -0.39 is 10.0 Å². The molecule has 1 aromatic heterocycles. The van der Waals surface area contributed by atoms with Crippen LogP contribution in [0.4, 0.5) is 5.13 Å². The first kappa shape index (κ1) is 22.4. The van der Waals surface area contributed by atoms with E-state index in [1.807, 2.05) is 6.92 Å². The number of anilines is 1. The Morgan fingerprint density at radius 1 is 1.22 bits per heavy atom. The van der Waals surface area contributed by atoms with Gasteiger partial charge < -0.3 is 4.74 Å². The van der Waals surface area contributed by atoms with Gasteiger partial charge in [0.25, 0.3) is 10.0 Å². The predicted octanol–water partition coefficient (Wildman–Crippen LogP) is 5.50. The highest BCUT2D eigenvalue weighted by molar-refractivity contribution is 7.93. The minimum absolute atomic E-state index is 0.0212. The SMILES string of the molecule is C[C@@H]1C(=O)O[C@H]2[C@H]1CC[C@@]1(C)Cc3sc(NS(=O)(=O)c4c(Cl)cccc4Cl)nc3[C@@H](C)[C@H]21. The summed E-state index contributed by atoms with van der Waals surface area (Å²) in [5, 5.41) is 0.413. The Kier molecular flexibility index (Phi) is 5.32. The summed E-state index contributed by atoms with van der Waals surface area (Å²) in [4.78, 5) is 17.9. The third kappa shape index (κ3) is 3.37.